The summed E-state index contributed by atoms with van der Waals surface area (Å²) in [4.78, 5) is 0. The van der Waals surface area contributed by atoms with E-state index < -0.39 is 0 Å². The molecule has 1 heterocycles. The van der Waals surface area contributed by atoms with Crippen molar-refractivity contribution in [1.29, 1.82) is 0 Å². The summed E-state index contributed by atoms with van der Waals surface area (Å²) in [5.74, 6) is 1.40. The Hall–Kier alpha value is -1.32. The largest absolute Gasteiger partial charge is 0.493 e. The number of fused-ring (bicyclic) bond motifs is 1. The zero-order valence-corrected chi connectivity index (χ0v) is 12.9. The van der Waals surface area contributed by atoms with Crippen LogP contribution in [0.3, 0.4) is 0 Å². The molecule has 3 heteroatoms. The highest BCUT2D eigenvalue weighted by Gasteiger charge is 2.20. The van der Waals surface area contributed by atoms with Crippen molar-refractivity contribution in [2.75, 3.05) is 13.2 Å². The van der Waals surface area contributed by atoms with Crippen LogP contribution in [0.1, 0.15) is 22.6 Å². The topological polar surface area (TPSA) is 35.2 Å². The molecule has 20 heavy (non-hydrogen) atoms. The van der Waals surface area contributed by atoms with Crippen LogP contribution in [0.25, 0.3) is 0 Å². The normalized spacial score (nSPS) is 14.7. The Morgan fingerprint density at radius 1 is 1.20 bits per heavy atom. The van der Waals surface area contributed by atoms with E-state index in [0.717, 1.165) is 29.7 Å². The van der Waals surface area contributed by atoms with Crippen molar-refractivity contribution in [3.8, 4) is 5.75 Å². The maximum absolute atomic E-state index is 5.98. The average molecular weight is 332 g/mol. The lowest BCUT2D eigenvalue weighted by Gasteiger charge is -2.17. The summed E-state index contributed by atoms with van der Waals surface area (Å²) in [6, 6.07) is 14.8. The number of halogens is 1. The van der Waals surface area contributed by atoms with Crippen molar-refractivity contribution in [2.45, 2.75) is 18.8 Å². The Labute approximate surface area is 128 Å². The van der Waals surface area contributed by atoms with E-state index in [1.165, 1.54) is 16.7 Å². The van der Waals surface area contributed by atoms with Gasteiger partial charge < -0.3 is 10.5 Å². The molecule has 2 nitrogen and oxygen atoms in total. The molecular weight excluding hydrogens is 314 g/mol. The van der Waals surface area contributed by atoms with E-state index >= 15 is 0 Å². The van der Waals surface area contributed by atoms with Crippen LogP contribution in [0.2, 0.25) is 0 Å². The van der Waals surface area contributed by atoms with E-state index in [1.54, 1.807) is 0 Å². The highest BCUT2D eigenvalue weighted by molar-refractivity contribution is 9.10. The first kappa shape index (κ1) is 13.7. The van der Waals surface area contributed by atoms with Gasteiger partial charge in [0, 0.05) is 16.8 Å². The third-order valence-electron chi connectivity index (χ3n) is 3.85. The number of rotatable bonds is 4. The molecule has 2 aromatic rings. The predicted octanol–water partition coefficient (Wildman–Crippen LogP) is 3.67. The second-order valence-corrected chi connectivity index (χ2v) is 6.11. The van der Waals surface area contributed by atoms with Gasteiger partial charge in [-0.2, -0.15) is 0 Å². The molecule has 0 saturated heterocycles. The standard InChI is InChI=1S/C17H18BrNO/c18-16-9-13-6-7-20-17(13)14(10-16)8-15(11-19)12-4-2-1-3-5-12/h1-5,9-10,15H,6-8,11,19H2. The van der Waals surface area contributed by atoms with Crippen molar-refractivity contribution in [3.63, 3.8) is 0 Å². The fourth-order valence-electron chi connectivity index (χ4n) is 2.83. The van der Waals surface area contributed by atoms with Crippen LogP contribution in [0.15, 0.2) is 46.9 Å². The maximum atomic E-state index is 5.98. The van der Waals surface area contributed by atoms with Crippen LogP contribution in [0.4, 0.5) is 0 Å². The van der Waals surface area contributed by atoms with Gasteiger partial charge in [0.2, 0.25) is 0 Å². The van der Waals surface area contributed by atoms with Gasteiger partial charge in [-0.3, -0.25) is 0 Å². The molecule has 1 aliphatic heterocycles. The van der Waals surface area contributed by atoms with Gasteiger partial charge >= 0.3 is 0 Å². The lowest BCUT2D eigenvalue weighted by Crippen LogP contribution is -2.15. The number of nitrogens with two attached hydrogens (primary N) is 1. The Bertz CT molecular complexity index is 597. The molecule has 0 fully saturated rings. The molecule has 0 aliphatic carbocycles. The van der Waals surface area contributed by atoms with Gasteiger partial charge in [0.1, 0.15) is 5.75 Å². The van der Waals surface area contributed by atoms with E-state index in [9.17, 15) is 0 Å². The number of hydrogen-bond donors (Lipinski definition) is 1. The molecule has 1 unspecified atom stereocenters. The van der Waals surface area contributed by atoms with Crippen molar-refractivity contribution >= 4 is 15.9 Å². The van der Waals surface area contributed by atoms with Gasteiger partial charge in [0.25, 0.3) is 0 Å². The van der Waals surface area contributed by atoms with Crippen LogP contribution < -0.4 is 10.5 Å². The minimum absolute atomic E-state index is 0.332. The highest BCUT2D eigenvalue weighted by atomic mass is 79.9. The van der Waals surface area contributed by atoms with Crippen molar-refractivity contribution < 1.29 is 4.74 Å². The zero-order valence-electron chi connectivity index (χ0n) is 11.3. The van der Waals surface area contributed by atoms with Crippen LogP contribution >= 0.6 is 15.9 Å². The Morgan fingerprint density at radius 3 is 2.75 bits per heavy atom. The number of hydrogen-bond acceptors (Lipinski definition) is 2. The third-order valence-corrected chi connectivity index (χ3v) is 4.30. The van der Waals surface area contributed by atoms with E-state index in [-0.39, 0.29) is 0 Å². The van der Waals surface area contributed by atoms with E-state index in [2.05, 4.69) is 52.3 Å². The zero-order chi connectivity index (χ0) is 13.9. The van der Waals surface area contributed by atoms with Gasteiger partial charge in [0.05, 0.1) is 6.61 Å². The van der Waals surface area contributed by atoms with E-state index in [1.807, 2.05) is 6.07 Å². The molecule has 2 N–H and O–H groups in total. The van der Waals surface area contributed by atoms with Gasteiger partial charge in [-0.1, -0.05) is 46.3 Å². The predicted molar refractivity (Wildman–Crippen MR) is 85.3 cm³/mol. The monoisotopic (exact) mass is 331 g/mol. The molecule has 3 rings (SSSR count). The summed E-state index contributed by atoms with van der Waals surface area (Å²) in [5, 5.41) is 0. The smallest absolute Gasteiger partial charge is 0.125 e. The molecule has 0 spiro atoms. The van der Waals surface area contributed by atoms with Crippen LogP contribution in [0, 0.1) is 0 Å². The summed E-state index contributed by atoms with van der Waals surface area (Å²) in [5.41, 5.74) is 9.84. The van der Waals surface area contributed by atoms with Crippen LogP contribution in [-0.4, -0.2) is 13.2 Å². The summed E-state index contributed by atoms with van der Waals surface area (Å²) in [6.07, 6.45) is 1.92. The maximum Gasteiger partial charge on any atom is 0.125 e. The number of benzene rings is 2. The van der Waals surface area contributed by atoms with Crippen LogP contribution in [0.5, 0.6) is 5.75 Å². The molecule has 0 bridgehead atoms. The first-order chi connectivity index (χ1) is 9.78. The highest BCUT2D eigenvalue weighted by Crippen LogP contribution is 2.35. The Kier molecular flexibility index (Phi) is 4.08. The summed E-state index contributed by atoms with van der Waals surface area (Å²) < 4.78 is 6.93. The van der Waals surface area contributed by atoms with Crippen LogP contribution in [-0.2, 0) is 12.8 Å². The van der Waals surface area contributed by atoms with Crippen molar-refractivity contribution in [2.24, 2.45) is 5.73 Å². The SMILES string of the molecule is NCC(Cc1cc(Br)cc2c1OCC2)c1ccccc1. The van der Waals surface area contributed by atoms with Gasteiger partial charge in [0.15, 0.2) is 0 Å². The second-order valence-electron chi connectivity index (χ2n) is 5.20. The fraction of sp³-hybridized carbons (Fsp3) is 0.294. The molecule has 2 aromatic carbocycles. The minimum Gasteiger partial charge on any atom is -0.493 e. The van der Waals surface area contributed by atoms with Gasteiger partial charge in [-0.15, -0.1) is 0 Å². The fourth-order valence-corrected chi connectivity index (χ4v) is 3.38. The molecule has 0 saturated carbocycles. The van der Waals surface area contributed by atoms with Crippen molar-refractivity contribution in [3.05, 3.63) is 63.6 Å². The molecule has 1 atom stereocenters. The Morgan fingerprint density at radius 2 is 2.00 bits per heavy atom. The quantitative estimate of drug-likeness (QED) is 0.927. The lowest BCUT2D eigenvalue weighted by atomic mass is 9.91. The van der Waals surface area contributed by atoms with E-state index in [4.69, 9.17) is 10.5 Å². The molecule has 0 aromatic heterocycles. The summed E-state index contributed by atoms with van der Waals surface area (Å²) >= 11 is 3.60. The number of ether oxygens (including phenoxy) is 1. The molecule has 1 aliphatic rings. The molecular formula is C17H18BrNO. The molecule has 0 amide bonds. The lowest BCUT2D eigenvalue weighted by molar-refractivity contribution is 0.352. The summed E-state index contributed by atoms with van der Waals surface area (Å²) in [6.45, 7) is 1.43. The molecule has 0 radical (unpaired) electrons. The first-order valence-corrected chi connectivity index (χ1v) is 7.76. The van der Waals surface area contributed by atoms with E-state index in [0.29, 0.717) is 12.5 Å². The van der Waals surface area contributed by atoms with Gasteiger partial charge in [-0.05, 0) is 41.8 Å². The minimum atomic E-state index is 0.332. The Balaban J connectivity index is 1.91. The average Bonchev–Trinajstić information content (AvgIpc) is 2.93. The third kappa shape index (κ3) is 2.74. The first-order valence-electron chi connectivity index (χ1n) is 6.97. The second kappa shape index (κ2) is 5.98. The van der Waals surface area contributed by atoms with Crippen molar-refractivity contribution in [1.82, 2.24) is 0 Å². The van der Waals surface area contributed by atoms with Gasteiger partial charge in [-0.25, -0.2) is 0 Å². The molecule has 104 valence electrons. The summed E-state index contributed by atoms with van der Waals surface area (Å²) in [7, 11) is 0.